The smallest absolute Gasteiger partial charge is 0.321 e. The molecule has 0 radical (unpaired) electrons. The summed E-state index contributed by atoms with van der Waals surface area (Å²) < 4.78 is 0. The van der Waals surface area contributed by atoms with Crippen LogP contribution in [0.2, 0.25) is 0 Å². The van der Waals surface area contributed by atoms with Crippen molar-refractivity contribution in [3.05, 3.63) is 0 Å². The number of thiocarbonyl (C=S) groups is 1. The molecule has 0 bridgehead atoms. The highest BCUT2D eigenvalue weighted by Crippen LogP contribution is 2.28. The topological polar surface area (TPSA) is 87.5 Å². The highest BCUT2D eigenvalue weighted by molar-refractivity contribution is 7.80. The fraction of sp³-hybridized carbons (Fsp3) is 0.727. The first kappa shape index (κ1) is 14.8. The fourth-order valence-electron chi connectivity index (χ4n) is 1.77. The van der Waals surface area contributed by atoms with Crippen LogP contribution < -0.4 is 16.4 Å². The van der Waals surface area contributed by atoms with Gasteiger partial charge in [0.05, 0.1) is 11.0 Å². The number of carbonyl (C=O) groups is 2. The lowest BCUT2D eigenvalue weighted by Gasteiger charge is -2.27. The number of urea groups is 1. The summed E-state index contributed by atoms with van der Waals surface area (Å²) in [7, 11) is 1.47. The van der Waals surface area contributed by atoms with Crippen molar-refractivity contribution in [3.8, 4) is 0 Å². The average Bonchev–Trinajstić information content (AvgIpc) is 3.12. The number of imide groups is 1. The first-order valence-electron chi connectivity index (χ1n) is 6.02. The van der Waals surface area contributed by atoms with E-state index in [0.29, 0.717) is 24.0 Å². The lowest BCUT2D eigenvalue weighted by molar-refractivity contribution is -0.125. The highest BCUT2D eigenvalue weighted by atomic mass is 32.1. The Morgan fingerprint density at radius 3 is 2.56 bits per heavy atom. The molecule has 1 atom stereocenters. The predicted molar refractivity (Wildman–Crippen MR) is 73.2 cm³/mol. The van der Waals surface area contributed by atoms with E-state index in [1.807, 2.05) is 0 Å². The molecular formula is C11H20N4O2S. The largest absolute Gasteiger partial charge is 0.393 e. The molecule has 0 spiro atoms. The minimum atomic E-state index is -0.489. The second-order valence-corrected chi connectivity index (χ2v) is 4.95. The Bertz CT molecular complexity index is 344. The van der Waals surface area contributed by atoms with E-state index in [-0.39, 0.29) is 11.9 Å². The standard InChI is InChI=1S/C11H20N4O2S/c1-7(10(16)14-11(17)13-2)15(8-3-4-8)6-5-9(12)18/h7-8H,3-6H2,1-2H3,(H2,12,18)(H2,13,14,16,17). The van der Waals surface area contributed by atoms with Crippen molar-refractivity contribution in [3.63, 3.8) is 0 Å². The molecular weight excluding hydrogens is 252 g/mol. The first-order chi connectivity index (χ1) is 8.45. The summed E-state index contributed by atoms with van der Waals surface area (Å²) in [5.74, 6) is -0.302. The van der Waals surface area contributed by atoms with Crippen LogP contribution in [0.5, 0.6) is 0 Å². The van der Waals surface area contributed by atoms with Gasteiger partial charge in [-0.2, -0.15) is 0 Å². The Morgan fingerprint density at radius 1 is 1.50 bits per heavy atom. The van der Waals surface area contributed by atoms with Crippen LogP contribution in [0.1, 0.15) is 26.2 Å². The second kappa shape index (κ2) is 6.65. The van der Waals surface area contributed by atoms with Crippen LogP contribution in [0.15, 0.2) is 0 Å². The van der Waals surface area contributed by atoms with Gasteiger partial charge in [-0.3, -0.25) is 15.0 Å². The van der Waals surface area contributed by atoms with Gasteiger partial charge in [-0.1, -0.05) is 12.2 Å². The molecule has 0 aromatic rings. The van der Waals surface area contributed by atoms with E-state index >= 15 is 0 Å². The molecule has 1 unspecified atom stereocenters. The molecule has 7 heteroatoms. The summed E-state index contributed by atoms with van der Waals surface area (Å²) in [6.45, 7) is 2.44. The summed E-state index contributed by atoms with van der Waals surface area (Å²) in [6, 6.07) is -0.439. The molecule has 0 heterocycles. The summed E-state index contributed by atoms with van der Waals surface area (Å²) in [4.78, 5) is 25.4. The van der Waals surface area contributed by atoms with Crippen molar-refractivity contribution in [1.29, 1.82) is 0 Å². The van der Waals surface area contributed by atoms with Crippen molar-refractivity contribution in [2.24, 2.45) is 5.73 Å². The molecule has 0 aliphatic heterocycles. The van der Waals surface area contributed by atoms with E-state index in [9.17, 15) is 9.59 Å². The second-order valence-electron chi connectivity index (χ2n) is 4.43. The van der Waals surface area contributed by atoms with Gasteiger partial charge in [0.25, 0.3) is 0 Å². The highest BCUT2D eigenvalue weighted by Gasteiger charge is 2.35. The van der Waals surface area contributed by atoms with E-state index in [1.54, 1.807) is 6.92 Å². The maximum absolute atomic E-state index is 11.9. The third-order valence-electron chi connectivity index (χ3n) is 2.97. The molecule has 1 aliphatic carbocycles. The van der Waals surface area contributed by atoms with Gasteiger partial charge in [-0.25, -0.2) is 4.79 Å². The Hall–Kier alpha value is -1.21. The number of amides is 3. The lowest BCUT2D eigenvalue weighted by atomic mass is 10.2. The number of nitrogens with two attached hydrogens (primary N) is 1. The minimum absolute atomic E-state index is 0.302. The minimum Gasteiger partial charge on any atom is -0.393 e. The average molecular weight is 272 g/mol. The molecule has 1 rings (SSSR count). The van der Waals surface area contributed by atoms with Crippen molar-refractivity contribution < 1.29 is 9.59 Å². The van der Waals surface area contributed by atoms with Crippen molar-refractivity contribution in [2.75, 3.05) is 13.6 Å². The molecule has 4 N–H and O–H groups in total. The van der Waals surface area contributed by atoms with E-state index in [2.05, 4.69) is 15.5 Å². The predicted octanol–water partition coefficient (Wildman–Crippen LogP) is -0.0289. The van der Waals surface area contributed by atoms with Crippen LogP contribution in [0, 0.1) is 0 Å². The van der Waals surface area contributed by atoms with Gasteiger partial charge in [-0.05, 0) is 19.8 Å². The zero-order chi connectivity index (χ0) is 13.7. The number of hydrogen-bond acceptors (Lipinski definition) is 4. The Labute approximate surface area is 112 Å². The van der Waals surface area contributed by atoms with Crippen LogP contribution in [0.3, 0.4) is 0 Å². The summed E-state index contributed by atoms with van der Waals surface area (Å²) in [5, 5.41) is 4.64. The maximum atomic E-state index is 11.9. The van der Waals surface area contributed by atoms with Crippen LogP contribution in [0.25, 0.3) is 0 Å². The van der Waals surface area contributed by atoms with E-state index < -0.39 is 6.03 Å². The summed E-state index contributed by atoms with van der Waals surface area (Å²) in [5.41, 5.74) is 5.48. The molecule has 1 saturated carbocycles. The molecule has 0 aromatic carbocycles. The van der Waals surface area contributed by atoms with Crippen molar-refractivity contribution in [1.82, 2.24) is 15.5 Å². The molecule has 1 aliphatic rings. The normalized spacial score (nSPS) is 16.2. The van der Waals surface area contributed by atoms with Crippen molar-refractivity contribution in [2.45, 2.75) is 38.3 Å². The van der Waals surface area contributed by atoms with Gasteiger partial charge in [0.15, 0.2) is 0 Å². The van der Waals surface area contributed by atoms with Crippen LogP contribution in [-0.2, 0) is 4.79 Å². The van der Waals surface area contributed by atoms with Crippen LogP contribution in [-0.4, -0.2) is 47.5 Å². The molecule has 3 amide bonds. The SMILES string of the molecule is CNC(=O)NC(=O)C(C)N(CCC(N)=S)C1CC1. The quantitative estimate of drug-likeness (QED) is 0.591. The van der Waals surface area contributed by atoms with Gasteiger partial charge in [0, 0.05) is 26.1 Å². The van der Waals surface area contributed by atoms with Crippen molar-refractivity contribution >= 4 is 29.1 Å². The molecule has 0 saturated heterocycles. The Balaban J connectivity index is 2.53. The van der Waals surface area contributed by atoms with Gasteiger partial charge in [-0.15, -0.1) is 0 Å². The number of nitrogens with one attached hydrogen (secondary N) is 2. The molecule has 0 aromatic heterocycles. The van der Waals surface area contributed by atoms with E-state index in [4.69, 9.17) is 18.0 Å². The summed E-state index contributed by atoms with van der Waals surface area (Å²) >= 11 is 4.85. The number of rotatable bonds is 6. The van der Waals surface area contributed by atoms with E-state index in [0.717, 1.165) is 12.8 Å². The summed E-state index contributed by atoms with van der Waals surface area (Å²) in [6.07, 6.45) is 2.74. The zero-order valence-electron chi connectivity index (χ0n) is 10.7. The zero-order valence-corrected chi connectivity index (χ0v) is 11.5. The number of carbonyl (C=O) groups excluding carboxylic acids is 2. The Morgan fingerprint density at radius 2 is 2.11 bits per heavy atom. The first-order valence-corrected chi connectivity index (χ1v) is 6.43. The molecule has 18 heavy (non-hydrogen) atoms. The number of hydrogen-bond donors (Lipinski definition) is 3. The third kappa shape index (κ3) is 4.58. The third-order valence-corrected chi connectivity index (χ3v) is 3.18. The molecule has 6 nitrogen and oxygen atoms in total. The van der Waals surface area contributed by atoms with Gasteiger partial charge < -0.3 is 11.1 Å². The van der Waals surface area contributed by atoms with Gasteiger partial charge in [0.2, 0.25) is 5.91 Å². The Kier molecular flexibility index (Phi) is 5.49. The lowest BCUT2D eigenvalue weighted by Crippen LogP contribution is -2.50. The molecule has 102 valence electrons. The maximum Gasteiger partial charge on any atom is 0.321 e. The van der Waals surface area contributed by atoms with Gasteiger partial charge >= 0.3 is 6.03 Å². The molecule has 1 fully saturated rings. The van der Waals surface area contributed by atoms with Crippen LogP contribution in [0.4, 0.5) is 4.79 Å². The van der Waals surface area contributed by atoms with E-state index in [1.165, 1.54) is 7.05 Å². The monoisotopic (exact) mass is 272 g/mol. The van der Waals surface area contributed by atoms with Gasteiger partial charge in [0.1, 0.15) is 0 Å². The fourth-order valence-corrected chi connectivity index (χ4v) is 1.86. The number of nitrogens with zero attached hydrogens (tertiary/aromatic N) is 1. The van der Waals surface area contributed by atoms with Crippen LogP contribution >= 0.6 is 12.2 Å².